The summed E-state index contributed by atoms with van der Waals surface area (Å²) in [7, 11) is 0. The molecule has 228 valence electrons. The Kier molecular flexibility index (Phi) is 9.48. The number of hydrogen-bond donors (Lipinski definition) is 0. The SMILES string of the molecule is CC(C)(C)c1ccc2[cH-]c3ccc(C(C)(C)C)cc3c2c1.CC1=[C-]C(C)C=C1CC12CC3CC(CC(C3)C1)C2.C[C](C)=[Zr+2]. The molecule has 0 spiro atoms. The summed E-state index contributed by atoms with van der Waals surface area (Å²) in [6.45, 7) is 22.5. The van der Waals surface area contributed by atoms with Gasteiger partial charge in [-0.1, -0.05) is 103 Å². The molecule has 0 heterocycles. The van der Waals surface area contributed by atoms with E-state index in [-0.39, 0.29) is 10.8 Å². The first kappa shape index (κ1) is 32.9. The standard InChI is InChI=1S/C21H25.C18H25.C3H6.Zr/c1-20(2,3)16-9-7-14-11-15-8-10-17(21(4,5)6)13-19(15)18(14)12-16;1-12-3-13(2)17(4-12)11-18-8-14-5-15(9-18)7-16(6-14)10-18;1-3-2;/h7-13H,1-6H3;4,12,14-16H,5-11H2,1-2H3;1-2H3;/q2*-1;;+2. The molecule has 0 N–H and O–H groups in total. The van der Waals surface area contributed by atoms with Crippen molar-refractivity contribution < 1.29 is 24.2 Å². The Morgan fingerprint density at radius 2 is 1.23 bits per heavy atom. The Morgan fingerprint density at radius 1 is 0.814 bits per heavy atom. The summed E-state index contributed by atoms with van der Waals surface area (Å²) < 4.78 is 1.51. The number of fused-ring (bicyclic) bond motifs is 3. The van der Waals surface area contributed by atoms with Crippen LogP contribution < -0.4 is 0 Å². The van der Waals surface area contributed by atoms with Gasteiger partial charge in [-0.2, -0.15) is 11.6 Å². The van der Waals surface area contributed by atoms with Crippen LogP contribution >= 0.6 is 0 Å². The first-order valence-electron chi connectivity index (χ1n) is 17.0. The van der Waals surface area contributed by atoms with E-state index in [2.05, 4.69) is 124 Å². The van der Waals surface area contributed by atoms with E-state index in [1.165, 1.54) is 47.9 Å². The second-order valence-corrected chi connectivity index (χ2v) is 19.6. The summed E-state index contributed by atoms with van der Waals surface area (Å²) in [6, 6.07) is 16.1. The van der Waals surface area contributed by atoms with Gasteiger partial charge >= 0.3 is 41.3 Å². The van der Waals surface area contributed by atoms with E-state index in [4.69, 9.17) is 0 Å². The molecular formula is C42H56Zr. The molecule has 3 aromatic rings. The molecule has 0 radical (unpaired) electrons. The van der Waals surface area contributed by atoms with Crippen LogP contribution in [0.4, 0.5) is 0 Å². The molecule has 0 amide bonds. The number of rotatable bonds is 2. The topological polar surface area (TPSA) is 0 Å². The quantitative estimate of drug-likeness (QED) is 0.242. The van der Waals surface area contributed by atoms with Crippen molar-refractivity contribution in [3.8, 4) is 0 Å². The Bertz CT molecular complexity index is 1430. The van der Waals surface area contributed by atoms with Crippen molar-refractivity contribution in [1.29, 1.82) is 0 Å². The molecule has 3 aromatic carbocycles. The normalized spacial score (nSPS) is 27.8. The molecule has 1 heteroatoms. The van der Waals surface area contributed by atoms with E-state index < -0.39 is 0 Å². The van der Waals surface area contributed by atoms with Crippen LogP contribution in [0.3, 0.4) is 0 Å². The zero-order valence-electron chi connectivity index (χ0n) is 28.9. The fourth-order valence-electron chi connectivity index (χ4n) is 8.94. The van der Waals surface area contributed by atoms with E-state index in [0.717, 1.165) is 17.8 Å². The van der Waals surface area contributed by atoms with Crippen LogP contribution in [0.15, 0.2) is 59.7 Å². The van der Waals surface area contributed by atoms with Crippen molar-refractivity contribution >= 4 is 24.8 Å². The van der Waals surface area contributed by atoms with Crippen LogP contribution in [-0.2, 0) is 35.1 Å². The minimum atomic E-state index is 0.194. The molecule has 0 aromatic heterocycles. The van der Waals surface area contributed by atoms with Gasteiger partial charge in [-0.25, -0.2) is 5.57 Å². The molecule has 43 heavy (non-hydrogen) atoms. The molecule has 8 rings (SSSR count). The van der Waals surface area contributed by atoms with Gasteiger partial charge in [-0.05, 0) is 72.5 Å². The van der Waals surface area contributed by atoms with Crippen LogP contribution in [0.2, 0.25) is 0 Å². The molecule has 0 nitrogen and oxygen atoms in total. The number of allylic oxidation sites excluding steroid dienone is 4. The molecule has 0 saturated heterocycles. The molecular weight excluding hydrogens is 596 g/mol. The predicted molar refractivity (Wildman–Crippen MR) is 186 cm³/mol. The van der Waals surface area contributed by atoms with Gasteiger partial charge in [0.05, 0.1) is 0 Å². The molecule has 1 unspecified atom stereocenters. The Labute approximate surface area is 278 Å². The summed E-state index contributed by atoms with van der Waals surface area (Å²) in [5.41, 5.74) is 7.00. The Morgan fingerprint density at radius 3 is 1.58 bits per heavy atom. The minimum absolute atomic E-state index is 0.194. The van der Waals surface area contributed by atoms with E-state index in [1.807, 2.05) is 0 Å². The average molecular weight is 652 g/mol. The van der Waals surface area contributed by atoms with Crippen LogP contribution in [0.5, 0.6) is 0 Å². The van der Waals surface area contributed by atoms with E-state index >= 15 is 0 Å². The van der Waals surface area contributed by atoms with Gasteiger partial charge in [0, 0.05) is 0 Å². The maximum absolute atomic E-state index is 3.57. The van der Waals surface area contributed by atoms with Crippen molar-refractivity contribution in [1.82, 2.24) is 0 Å². The Balaban J connectivity index is 0.000000154. The van der Waals surface area contributed by atoms with Crippen LogP contribution in [0.1, 0.15) is 125 Å². The van der Waals surface area contributed by atoms with Gasteiger partial charge in [0.2, 0.25) is 0 Å². The predicted octanol–water partition coefficient (Wildman–Crippen LogP) is 12.0. The maximum atomic E-state index is 3.57. The monoisotopic (exact) mass is 650 g/mol. The number of hydrogen-bond acceptors (Lipinski definition) is 0. The summed E-state index contributed by atoms with van der Waals surface area (Å²) in [5.74, 6) is 3.82. The summed E-state index contributed by atoms with van der Waals surface area (Å²) in [5, 5.41) is 5.49. The second kappa shape index (κ2) is 12.4. The zero-order valence-corrected chi connectivity index (χ0v) is 31.3. The average Bonchev–Trinajstić information content (AvgIpc) is 3.39. The number of benzene rings is 2. The molecule has 1 atom stereocenters. The Hall–Kier alpha value is -1.46. The summed E-state index contributed by atoms with van der Waals surface area (Å²) in [4.78, 5) is 0. The van der Waals surface area contributed by atoms with E-state index in [0.29, 0.717) is 11.3 Å². The summed E-state index contributed by atoms with van der Waals surface area (Å²) >= 11 is 1.55. The van der Waals surface area contributed by atoms with Crippen molar-refractivity contribution in [2.24, 2.45) is 29.1 Å². The van der Waals surface area contributed by atoms with Crippen LogP contribution in [0.25, 0.3) is 21.5 Å². The van der Waals surface area contributed by atoms with Gasteiger partial charge in [-0.15, -0.1) is 39.7 Å². The van der Waals surface area contributed by atoms with Gasteiger partial charge in [-0.3, -0.25) is 6.08 Å². The molecule has 4 fully saturated rings. The third kappa shape index (κ3) is 7.68. The fraction of sp³-hybridized carbons (Fsp3) is 0.571. The second-order valence-electron chi connectivity index (χ2n) is 17.1. The first-order valence-corrected chi connectivity index (χ1v) is 18.2. The van der Waals surface area contributed by atoms with Gasteiger partial charge in [0.25, 0.3) is 0 Å². The summed E-state index contributed by atoms with van der Waals surface area (Å²) in [6.07, 6.45) is 16.7. The molecule has 5 aliphatic rings. The molecule has 0 aliphatic heterocycles. The molecule has 4 bridgehead atoms. The van der Waals surface area contributed by atoms with Crippen LogP contribution in [-0.4, -0.2) is 3.21 Å². The van der Waals surface area contributed by atoms with Gasteiger partial charge < -0.3 is 0 Å². The molecule has 5 aliphatic carbocycles. The van der Waals surface area contributed by atoms with E-state index in [1.54, 1.807) is 68.3 Å². The van der Waals surface area contributed by atoms with Crippen molar-refractivity contribution in [2.75, 3.05) is 0 Å². The van der Waals surface area contributed by atoms with Gasteiger partial charge in [0.1, 0.15) is 0 Å². The zero-order chi connectivity index (χ0) is 31.3. The van der Waals surface area contributed by atoms with Crippen molar-refractivity contribution in [3.63, 3.8) is 0 Å². The van der Waals surface area contributed by atoms with E-state index in [9.17, 15) is 0 Å². The fourth-order valence-corrected chi connectivity index (χ4v) is 8.94. The van der Waals surface area contributed by atoms with Crippen molar-refractivity contribution in [2.45, 2.75) is 125 Å². The molecule has 4 saturated carbocycles. The van der Waals surface area contributed by atoms with Crippen LogP contribution in [0, 0.1) is 35.2 Å². The van der Waals surface area contributed by atoms with Gasteiger partial charge in [0.15, 0.2) is 0 Å². The third-order valence-corrected chi connectivity index (χ3v) is 10.5. The first-order chi connectivity index (χ1) is 20.0. The van der Waals surface area contributed by atoms with Crippen molar-refractivity contribution in [3.05, 3.63) is 76.9 Å². The third-order valence-electron chi connectivity index (χ3n) is 10.5.